The van der Waals surface area contributed by atoms with Gasteiger partial charge in [-0.2, -0.15) is 5.10 Å². The summed E-state index contributed by atoms with van der Waals surface area (Å²) in [6.07, 6.45) is 5.18. The Balaban J connectivity index is 2.06. The third kappa shape index (κ3) is 4.12. The van der Waals surface area contributed by atoms with Gasteiger partial charge in [-0.05, 0) is 19.4 Å². The van der Waals surface area contributed by atoms with E-state index >= 15 is 0 Å². The van der Waals surface area contributed by atoms with Crippen molar-refractivity contribution in [2.75, 3.05) is 5.32 Å². The van der Waals surface area contributed by atoms with Gasteiger partial charge < -0.3 is 0 Å². The minimum Gasteiger partial charge on any atom is -0.297 e. The van der Waals surface area contributed by atoms with Gasteiger partial charge in [-0.15, -0.1) is 10.2 Å². The maximum Gasteiger partial charge on any atom is 0.250 e. The molecule has 0 aromatic carbocycles. The molecule has 0 aliphatic rings. The number of carbonyl (C=O) groups is 1. The molecule has 0 aliphatic carbocycles. The lowest BCUT2D eigenvalue weighted by atomic mass is 10.2. The largest absolute Gasteiger partial charge is 0.297 e. The molecule has 8 heteroatoms. The topological polar surface area (TPSA) is 72.7 Å². The van der Waals surface area contributed by atoms with E-state index < -0.39 is 0 Å². The van der Waals surface area contributed by atoms with E-state index in [9.17, 15) is 4.79 Å². The average Bonchev–Trinajstić information content (AvgIpc) is 3.04. The molecule has 0 radical (unpaired) electrons. The van der Waals surface area contributed by atoms with Gasteiger partial charge in [0.2, 0.25) is 11.0 Å². The number of carbonyl (C=O) groups excluding carboxylic acids is 1. The standard InChI is InChI=1S/C13H16ClN5OS/c1-3-4-7-19-12(14)10(9(2)18-19)5-6-11(20)16-13-17-15-8-21-13/h5-6,8H,3-4,7H2,1-2H3,(H,16,17,20)/b6-5+. The molecule has 21 heavy (non-hydrogen) atoms. The smallest absolute Gasteiger partial charge is 0.250 e. The van der Waals surface area contributed by atoms with Crippen LogP contribution in [0.1, 0.15) is 31.0 Å². The molecular weight excluding hydrogens is 310 g/mol. The lowest BCUT2D eigenvalue weighted by molar-refractivity contribution is -0.111. The van der Waals surface area contributed by atoms with Crippen molar-refractivity contribution in [3.63, 3.8) is 0 Å². The second kappa shape index (κ2) is 7.33. The summed E-state index contributed by atoms with van der Waals surface area (Å²) in [4.78, 5) is 11.8. The van der Waals surface area contributed by atoms with Crippen molar-refractivity contribution in [1.82, 2.24) is 20.0 Å². The summed E-state index contributed by atoms with van der Waals surface area (Å²) in [5.74, 6) is -0.275. The molecule has 2 aromatic heterocycles. The first-order valence-electron chi connectivity index (χ1n) is 6.60. The lowest BCUT2D eigenvalue weighted by Crippen LogP contribution is -2.07. The first-order valence-corrected chi connectivity index (χ1v) is 7.85. The van der Waals surface area contributed by atoms with Gasteiger partial charge in [0.05, 0.1) is 5.69 Å². The molecule has 0 bridgehead atoms. The second-order valence-corrected chi connectivity index (χ2v) is 5.62. The Morgan fingerprint density at radius 2 is 2.38 bits per heavy atom. The average molecular weight is 326 g/mol. The van der Waals surface area contributed by atoms with Crippen LogP contribution in [0.2, 0.25) is 5.15 Å². The Bertz CT molecular complexity index is 635. The third-order valence-corrected chi connectivity index (χ3v) is 3.83. The van der Waals surface area contributed by atoms with Crippen LogP contribution in [0.4, 0.5) is 5.13 Å². The van der Waals surface area contributed by atoms with Gasteiger partial charge in [0.15, 0.2) is 0 Å². The predicted octanol–water partition coefficient (Wildman–Crippen LogP) is 3.15. The van der Waals surface area contributed by atoms with Crippen LogP contribution in [0.5, 0.6) is 0 Å². The first-order chi connectivity index (χ1) is 10.1. The van der Waals surface area contributed by atoms with Crippen molar-refractivity contribution in [2.45, 2.75) is 33.2 Å². The molecule has 6 nitrogen and oxygen atoms in total. The van der Waals surface area contributed by atoms with Gasteiger partial charge in [0, 0.05) is 18.2 Å². The number of amides is 1. The van der Waals surface area contributed by atoms with Crippen molar-refractivity contribution in [2.24, 2.45) is 0 Å². The van der Waals surface area contributed by atoms with Crippen molar-refractivity contribution in [3.05, 3.63) is 28.0 Å². The van der Waals surface area contributed by atoms with Crippen LogP contribution < -0.4 is 5.32 Å². The minimum atomic E-state index is -0.275. The molecule has 0 spiro atoms. The van der Waals surface area contributed by atoms with E-state index in [0.717, 1.165) is 30.6 Å². The van der Waals surface area contributed by atoms with E-state index in [2.05, 4.69) is 27.5 Å². The number of rotatable bonds is 6. The van der Waals surface area contributed by atoms with Gasteiger partial charge in [-0.1, -0.05) is 36.3 Å². The summed E-state index contributed by atoms with van der Waals surface area (Å²) in [7, 11) is 0. The zero-order valence-corrected chi connectivity index (χ0v) is 13.4. The molecule has 0 atom stereocenters. The Kier molecular flexibility index (Phi) is 5.46. The van der Waals surface area contributed by atoms with Crippen LogP contribution in [0, 0.1) is 6.92 Å². The van der Waals surface area contributed by atoms with E-state index in [1.807, 2.05) is 6.92 Å². The van der Waals surface area contributed by atoms with E-state index in [1.54, 1.807) is 16.3 Å². The third-order valence-electron chi connectivity index (χ3n) is 2.82. The van der Waals surface area contributed by atoms with Crippen molar-refractivity contribution >= 4 is 40.1 Å². The number of aromatic nitrogens is 4. The SMILES string of the molecule is CCCCn1nc(C)c(/C=C/C(=O)Nc2nncs2)c1Cl. The molecule has 2 heterocycles. The van der Waals surface area contributed by atoms with E-state index in [4.69, 9.17) is 11.6 Å². The van der Waals surface area contributed by atoms with Crippen molar-refractivity contribution in [1.29, 1.82) is 0 Å². The van der Waals surface area contributed by atoms with Crippen LogP contribution in [0.15, 0.2) is 11.6 Å². The molecule has 1 amide bonds. The molecule has 2 aromatic rings. The van der Waals surface area contributed by atoms with Crippen molar-refractivity contribution in [3.8, 4) is 0 Å². The Morgan fingerprint density at radius 3 is 3.05 bits per heavy atom. The van der Waals surface area contributed by atoms with Gasteiger partial charge >= 0.3 is 0 Å². The second-order valence-electron chi connectivity index (χ2n) is 4.43. The Hall–Kier alpha value is -1.73. The zero-order valence-electron chi connectivity index (χ0n) is 11.8. The normalized spacial score (nSPS) is 11.2. The molecule has 1 N–H and O–H groups in total. The fourth-order valence-corrected chi connectivity index (χ4v) is 2.52. The lowest BCUT2D eigenvalue weighted by Gasteiger charge is -2.00. The van der Waals surface area contributed by atoms with E-state index in [0.29, 0.717) is 10.3 Å². The molecule has 0 saturated carbocycles. The van der Waals surface area contributed by atoms with Crippen LogP contribution in [0.3, 0.4) is 0 Å². The highest BCUT2D eigenvalue weighted by Gasteiger charge is 2.11. The highest BCUT2D eigenvalue weighted by molar-refractivity contribution is 7.13. The molecule has 0 unspecified atom stereocenters. The number of nitrogens with zero attached hydrogens (tertiary/aromatic N) is 4. The van der Waals surface area contributed by atoms with Crippen LogP contribution in [-0.2, 0) is 11.3 Å². The van der Waals surface area contributed by atoms with Crippen LogP contribution in [0.25, 0.3) is 6.08 Å². The fourth-order valence-electron chi connectivity index (χ4n) is 1.75. The number of nitrogens with one attached hydrogen (secondary N) is 1. The van der Waals surface area contributed by atoms with Gasteiger partial charge in [0.25, 0.3) is 0 Å². The van der Waals surface area contributed by atoms with Crippen LogP contribution in [-0.4, -0.2) is 25.9 Å². The maximum absolute atomic E-state index is 11.8. The monoisotopic (exact) mass is 325 g/mol. The fraction of sp³-hybridized carbons (Fsp3) is 0.385. The number of hydrogen-bond donors (Lipinski definition) is 1. The maximum atomic E-state index is 11.8. The first kappa shape index (κ1) is 15.7. The summed E-state index contributed by atoms with van der Waals surface area (Å²) in [5.41, 5.74) is 3.12. The molecule has 112 valence electrons. The molecule has 0 fully saturated rings. The number of anilines is 1. The molecular formula is C13H16ClN5OS. The van der Waals surface area contributed by atoms with Crippen molar-refractivity contribution < 1.29 is 4.79 Å². The highest BCUT2D eigenvalue weighted by atomic mass is 35.5. The predicted molar refractivity (Wildman–Crippen MR) is 84.5 cm³/mol. The van der Waals surface area contributed by atoms with Crippen LogP contribution >= 0.6 is 22.9 Å². The summed E-state index contributed by atoms with van der Waals surface area (Å²) < 4.78 is 1.77. The summed E-state index contributed by atoms with van der Waals surface area (Å²) in [5, 5.41) is 15.4. The quantitative estimate of drug-likeness (QED) is 0.828. The summed E-state index contributed by atoms with van der Waals surface area (Å²) >= 11 is 7.55. The Labute approximate surface area is 131 Å². The zero-order chi connectivity index (χ0) is 15.2. The molecule has 2 rings (SSSR count). The summed E-state index contributed by atoms with van der Waals surface area (Å²) in [6, 6.07) is 0. The van der Waals surface area contributed by atoms with E-state index in [-0.39, 0.29) is 5.91 Å². The van der Waals surface area contributed by atoms with Gasteiger partial charge in [-0.3, -0.25) is 14.8 Å². The molecule has 0 aliphatic heterocycles. The Morgan fingerprint density at radius 1 is 1.57 bits per heavy atom. The minimum absolute atomic E-state index is 0.275. The number of hydrogen-bond acceptors (Lipinski definition) is 5. The van der Waals surface area contributed by atoms with Gasteiger partial charge in [0.1, 0.15) is 10.7 Å². The van der Waals surface area contributed by atoms with E-state index in [1.165, 1.54) is 17.4 Å². The number of aryl methyl sites for hydroxylation is 2. The number of halogens is 1. The summed E-state index contributed by atoms with van der Waals surface area (Å²) in [6.45, 7) is 4.76. The highest BCUT2D eigenvalue weighted by Crippen LogP contribution is 2.21. The molecule has 0 saturated heterocycles. The van der Waals surface area contributed by atoms with Gasteiger partial charge in [-0.25, -0.2) is 0 Å². The number of unbranched alkanes of at least 4 members (excludes halogenated alkanes) is 1.